The monoisotopic (exact) mass is 254 g/mol. The second-order valence-electron chi connectivity index (χ2n) is 4.86. The van der Waals surface area contributed by atoms with Crippen molar-refractivity contribution in [1.29, 1.82) is 0 Å². The van der Waals surface area contributed by atoms with Gasteiger partial charge in [0.05, 0.1) is 0 Å². The van der Waals surface area contributed by atoms with E-state index < -0.39 is 18.0 Å². The number of carbonyl (C=O) groups excluding carboxylic acids is 1. The summed E-state index contributed by atoms with van der Waals surface area (Å²) < 4.78 is 0. The number of hydrogen-bond acceptors (Lipinski definition) is 2. The fourth-order valence-corrected chi connectivity index (χ4v) is 2.30. The molecule has 1 aliphatic rings. The van der Waals surface area contributed by atoms with Crippen molar-refractivity contribution in [3.8, 4) is 0 Å². The molecule has 5 nitrogen and oxygen atoms in total. The van der Waals surface area contributed by atoms with Crippen LogP contribution in [-0.4, -0.2) is 29.2 Å². The topological polar surface area (TPSA) is 78.4 Å². The van der Waals surface area contributed by atoms with Crippen LogP contribution in [0.25, 0.3) is 0 Å². The number of amides is 2. The van der Waals surface area contributed by atoms with E-state index >= 15 is 0 Å². The van der Waals surface area contributed by atoms with E-state index in [2.05, 4.69) is 17.2 Å². The van der Waals surface area contributed by atoms with Gasteiger partial charge in [-0.1, -0.05) is 25.3 Å². The van der Waals surface area contributed by atoms with Gasteiger partial charge in [0.15, 0.2) is 0 Å². The van der Waals surface area contributed by atoms with E-state index in [1.807, 2.05) is 0 Å². The zero-order valence-corrected chi connectivity index (χ0v) is 10.8. The molecule has 18 heavy (non-hydrogen) atoms. The van der Waals surface area contributed by atoms with Gasteiger partial charge >= 0.3 is 12.0 Å². The Bertz CT molecular complexity index is 311. The molecule has 1 fully saturated rings. The van der Waals surface area contributed by atoms with Gasteiger partial charge in [0.1, 0.15) is 6.04 Å². The number of hydrogen-bond donors (Lipinski definition) is 3. The second-order valence-corrected chi connectivity index (χ2v) is 4.86. The number of urea groups is 1. The summed E-state index contributed by atoms with van der Waals surface area (Å²) in [6.07, 6.45) is 6.57. The van der Waals surface area contributed by atoms with Crippen LogP contribution >= 0.6 is 0 Å². The second kappa shape index (κ2) is 7.03. The predicted molar refractivity (Wildman–Crippen MR) is 69.3 cm³/mol. The van der Waals surface area contributed by atoms with Gasteiger partial charge in [0.2, 0.25) is 0 Å². The molecule has 102 valence electrons. The van der Waals surface area contributed by atoms with Gasteiger partial charge in [-0.3, -0.25) is 0 Å². The molecule has 0 aromatic carbocycles. The average molecular weight is 254 g/mol. The largest absolute Gasteiger partial charge is 0.480 e. The highest BCUT2D eigenvalue weighted by atomic mass is 16.4. The Morgan fingerprint density at radius 2 is 1.89 bits per heavy atom. The Kier molecular flexibility index (Phi) is 5.68. The van der Waals surface area contributed by atoms with Gasteiger partial charge in [-0.15, -0.1) is 6.58 Å². The molecular formula is C13H22N2O3. The van der Waals surface area contributed by atoms with E-state index in [1.54, 1.807) is 13.0 Å². The van der Waals surface area contributed by atoms with Crippen LogP contribution in [0.1, 0.15) is 39.0 Å². The number of carboxylic acids is 1. The lowest BCUT2D eigenvalue weighted by atomic mass is 9.84. The first-order valence-electron chi connectivity index (χ1n) is 6.47. The fourth-order valence-electron chi connectivity index (χ4n) is 2.30. The van der Waals surface area contributed by atoms with Crippen molar-refractivity contribution in [3.05, 3.63) is 12.7 Å². The summed E-state index contributed by atoms with van der Waals surface area (Å²) >= 11 is 0. The predicted octanol–water partition coefficient (Wildman–Crippen LogP) is 1.89. The lowest BCUT2D eigenvalue weighted by Crippen LogP contribution is -2.51. The van der Waals surface area contributed by atoms with E-state index in [-0.39, 0.29) is 12.0 Å². The van der Waals surface area contributed by atoms with E-state index in [9.17, 15) is 14.7 Å². The highest BCUT2D eigenvalue weighted by Gasteiger charge is 2.30. The van der Waals surface area contributed by atoms with Gasteiger partial charge in [-0.05, 0) is 25.7 Å². The number of carboxylic acid groups (broad SMARTS) is 1. The zero-order valence-electron chi connectivity index (χ0n) is 10.8. The van der Waals surface area contributed by atoms with Gasteiger partial charge in [0, 0.05) is 6.04 Å². The normalized spacial score (nSPS) is 19.6. The van der Waals surface area contributed by atoms with Gasteiger partial charge in [0.25, 0.3) is 0 Å². The molecule has 5 heteroatoms. The van der Waals surface area contributed by atoms with Crippen LogP contribution < -0.4 is 10.6 Å². The van der Waals surface area contributed by atoms with Crippen molar-refractivity contribution in [2.45, 2.75) is 51.1 Å². The van der Waals surface area contributed by atoms with Crippen molar-refractivity contribution in [2.24, 2.45) is 5.92 Å². The quantitative estimate of drug-likeness (QED) is 0.656. The molecule has 2 atom stereocenters. The molecule has 1 saturated carbocycles. The van der Waals surface area contributed by atoms with E-state index in [4.69, 9.17) is 0 Å². The highest BCUT2D eigenvalue weighted by molar-refractivity contribution is 5.83. The SMILES string of the molecule is C=CC(C)NC(=O)NC(C(=O)O)C1CCCCC1. The summed E-state index contributed by atoms with van der Waals surface area (Å²) in [5, 5.41) is 14.4. The van der Waals surface area contributed by atoms with Gasteiger partial charge < -0.3 is 15.7 Å². The molecule has 0 aliphatic heterocycles. The summed E-state index contributed by atoms with van der Waals surface area (Å²) in [6.45, 7) is 5.34. The van der Waals surface area contributed by atoms with Crippen LogP contribution in [0.4, 0.5) is 4.79 Å². The summed E-state index contributed by atoms with van der Waals surface area (Å²) in [4.78, 5) is 22.9. The first-order valence-corrected chi connectivity index (χ1v) is 6.47. The van der Waals surface area contributed by atoms with E-state index in [1.165, 1.54) is 0 Å². The Morgan fingerprint density at radius 3 is 2.39 bits per heavy atom. The van der Waals surface area contributed by atoms with Crippen LogP contribution in [0.15, 0.2) is 12.7 Å². The average Bonchev–Trinajstić information content (AvgIpc) is 2.36. The summed E-state index contributed by atoms with van der Waals surface area (Å²) in [5.41, 5.74) is 0. The molecule has 0 saturated heterocycles. The molecule has 2 unspecified atom stereocenters. The number of aliphatic carboxylic acids is 1. The molecule has 0 heterocycles. The molecule has 0 aromatic rings. The smallest absolute Gasteiger partial charge is 0.326 e. The molecule has 0 bridgehead atoms. The first-order chi connectivity index (χ1) is 8.54. The standard InChI is InChI=1S/C13H22N2O3/c1-3-9(2)14-13(18)15-11(12(16)17)10-7-5-4-6-8-10/h3,9-11H,1,4-8H2,2H3,(H,16,17)(H2,14,15,18). The molecule has 1 rings (SSSR count). The third-order valence-electron chi connectivity index (χ3n) is 3.39. The van der Waals surface area contributed by atoms with Crippen LogP contribution in [0.2, 0.25) is 0 Å². The Morgan fingerprint density at radius 1 is 1.28 bits per heavy atom. The maximum absolute atomic E-state index is 11.6. The molecule has 1 aliphatic carbocycles. The fraction of sp³-hybridized carbons (Fsp3) is 0.692. The van der Waals surface area contributed by atoms with Crippen LogP contribution in [0, 0.1) is 5.92 Å². The summed E-state index contributed by atoms with van der Waals surface area (Å²) in [6, 6.07) is -1.41. The minimum Gasteiger partial charge on any atom is -0.480 e. The van der Waals surface area contributed by atoms with E-state index in [0.29, 0.717) is 0 Å². The molecule has 0 aromatic heterocycles. The molecule has 0 spiro atoms. The van der Waals surface area contributed by atoms with Crippen LogP contribution in [0.3, 0.4) is 0 Å². The van der Waals surface area contributed by atoms with Crippen LogP contribution in [0.5, 0.6) is 0 Å². The van der Waals surface area contributed by atoms with Crippen molar-refractivity contribution < 1.29 is 14.7 Å². The molecule has 2 amide bonds. The highest BCUT2D eigenvalue weighted by Crippen LogP contribution is 2.26. The minimum absolute atomic E-state index is 0.0426. The van der Waals surface area contributed by atoms with Crippen molar-refractivity contribution in [2.75, 3.05) is 0 Å². The zero-order chi connectivity index (χ0) is 13.5. The molecule has 0 radical (unpaired) electrons. The first kappa shape index (κ1) is 14.5. The molecule has 3 N–H and O–H groups in total. The van der Waals surface area contributed by atoms with Gasteiger partial charge in [-0.25, -0.2) is 9.59 Å². The van der Waals surface area contributed by atoms with Crippen molar-refractivity contribution in [3.63, 3.8) is 0 Å². The Labute approximate surface area is 108 Å². The Hall–Kier alpha value is -1.52. The van der Waals surface area contributed by atoms with Crippen LogP contribution in [-0.2, 0) is 4.79 Å². The van der Waals surface area contributed by atoms with Crippen molar-refractivity contribution >= 4 is 12.0 Å². The number of nitrogens with one attached hydrogen (secondary N) is 2. The third kappa shape index (κ3) is 4.39. The summed E-state index contributed by atoms with van der Waals surface area (Å²) in [7, 11) is 0. The van der Waals surface area contributed by atoms with Gasteiger partial charge in [-0.2, -0.15) is 0 Å². The maximum Gasteiger partial charge on any atom is 0.326 e. The Balaban J connectivity index is 2.54. The molecular weight excluding hydrogens is 232 g/mol. The number of carbonyl (C=O) groups is 2. The van der Waals surface area contributed by atoms with E-state index in [0.717, 1.165) is 32.1 Å². The summed E-state index contributed by atoms with van der Waals surface area (Å²) in [5.74, 6) is -0.913. The lowest BCUT2D eigenvalue weighted by molar-refractivity contribution is -0.141. The number of rotatable bonds is 5. The van der Waals surface area contributed by atoms with Crippen molar-refractivity contribution in [1.82, 2.24) is 10.6 Å². The lowest BCUT2D eigenvalue weighted by Gasteiger charge is -2.28. The third-order valence-corrected chi connectivity index (χ3v) is 3.39. The minimum atomic E-state index is -0.955. The maximum atomic E-state index is 11.6.